The zero-order chi connectivity index (χ0) is 14.2. The van der Waals surface area contributed by atoms with Crippen molar-refractivity contribution < 1.29 is 4.52 Å². The number of thiazole rings is 1. The number of rotatable bonds is 2. The summed E-state index contributed by atoms with van der Waals surface area (Å²) in [4.78, 5) is 16.9. The van der Waals surface area contributed by atoms with Gasteiger partial charge in [-0.05, 0) is 18.2 Å². The maximum Gasteiger partial charge on any atom is 0.277 e. The smallest absolute Gasteiger partial charge is 0.277 e. The van der Waals surface area contributed by atoms with Gasteiger partial charge in [0.25, 0.3) is 5.89 Å². The third-order valence-electron chi connectivity index (χ3n) is 2.89. The van der Waals surface area contributed by atoms with Gasteiger partial charge < -0.3 is 10.3 Å². The van der Waals surface area contributed by atoms with E-state index < -0.39 is 0 Å². The molecular weight excluding hydrogens is 288 g/mol. The molecule has 0 fully saturated rings. The Morgan fingerprint density at radius 3 is 2.71 bits per heavy atom. The van der Waals surface area contributed by atoms with Gasteiger partial charge in [-0.15, -0.1) is 11.3 Å². The van der Waals surface area contributed by atoms with E-state index in [-0.39, 0.29) is 0 Å². The Kier molecular flexibility index (Phi) is 2.61. The van der Waals surface area contributed by atoms with Crippen LogP contribution in [0.3, 0.4) is 0 Å². The predicted molar refractivity (Wildman–Crippen MR) is 78.4 cm³/mol. The summed E-state index contributed by atoms with van der Waals surface area (Å²) in [6.07, 6.45) is 3.30. The Hall–Kier alpha value is -2.87. The van der Waals surface area contributed by atoms with Gasteiger partial charge in [0, 0.05) is 23.3 Å². The molecule has 0 aliphatic heterocycles. The molecule has 21 heavy (non-hydrogen) atoms. The maximum absolute atomic E-state index is 5.60. The highest BCUT2D eigenvalue weighted by atomic mass is 32.1. The molecule has 0 saturated carbocycles. The van der Waals surface area contributed by atoms with Crippen LogP contribution in [0.15, 0.2) is 40.5 Å². The van der Waals surface area contributed by atoms with Gasteiger partial charge in [0.15, 0.2) is 5.13 Å². The highest BCUT2D eigenvalue weighted by molar-refractivity contribution is 7.13. The molecule has 4 rings (SSSR count). The topological polar surface area (TPSA) is 104 Å². The molecule has 102 valence electrons. The lowest BCUT2D eigenvalue weighted by molar-refractivity contribution is 0.431. The van der Waals surface area contributed by atoms with Crippen molar-refractivity contribution in [3.63, 3.8) is 0 Å². The third kappa shape index (κ3) is 2.11. The van der Waals surface area contributed by atoms with Crippen LogP contribution in [0.1, 0.15) is 0 Å². The lowest BCUT2D eigenvalue weighted by atomic mass is 10.2. The second kappa shape index (κ2) is 4.60. The SMILES string of the molecule is Nc1nc(-c2nc(-c3ccc4nccnc4c3)no2)cs1. The minimum atomic E-state index is 0.345. The third-order valence-corrected chi connectivity index (χ3v) is 3.57. The molecular formula is C13H8N6OS. The first-order chi connectivity index (χ1) is 10.3. The van der Waals surface area contributed by atoms with Crippen molar-refractivity contribution in [2.24, 2.45) is 0 Å². The predicted octanol–water partition coefficient (Wildman–Crippen LogP) is 2.39. The summed E-state index contributed by atoms with van der Waals surface area (Å²) in [6, 6.07) is 5.61. The molecule has 8 heteroatoms. The van der Waals surface area contributed by atoms with Crippen molar-refractivity contribution in [2.45, 2.75) is 0 Å². The highest BCUT2D eigenvalue weighted by Crippen LogP contribution is 2.25. The fourth-order valence-corrected chi connectivity index (χ4v) is 2.47. The molecule has 0 amide bonds. The van der Waals surface area contributed by atoms with Gasteiger partial charge in [0.2, 0.25) is 5.82 Å². The van der Waals surface area contributed by atoms with Gasteiger partial charge in [0.05, 0.1) is 11.0 Å². The number of anilines is 1. The summed E-state index contributed by atoms with van der Waals surface area (Å²) < 4.78 is 5.22. The first kappa shape index (κ1) is 11.9. The molecule has 0 spiro atoms. The summed E-state index contributed by atoms with van der Waals surface area (Å²) in [5.74, 6) is 0.821. The van der Waals surface area contributed by atoms with E-state index >= 15 is 0 Å². The van der Waals surface area contributed by atoms with E-state index in [1.54, 1.807) is 17.8 Å². The molecule has 4 aromatic rings. The molecule has 7 nitrogen and oxygen atoms in total. The number of nitrogens with two attached hydrogens (primary N) is 1. The normalized spacial score (nSPS) is 11.0. The minimum Gasteiger partial charge on any atom is -0.375 e. The van der Waals surface area contributed by atoms with Gasteiger partial charge in [-0.2, -0.15) is 4.98 Å². The molecule has 0 bridgehead atoms. The van der Waals surface area contributed by atoms with Crippen molar-refractivity contribution in [2.75, 3.05) is 5.73 Å². The lowest BCUT2D eigenvalue weighted by Crippen LogP contribution is -1.86. The van der Waals surface area contributed by atoms with Crippen LogP contribution in [-0.4, -0.2) is 25.1 Å². The van der Waals surface area contributed by atoms with Gasteiger partial charge >= 0.3 is 0 Å². The Morgan fingerprint density at radius 1 is 1.05 bits per heavy atom. The number of hydrogen-bond donors (Lipinski definition) is 1. The summed E-state index contributed by atoms with van der Waals surface area (Å²) in [7, 11) is 0. The van der Waals surface area contributed by atoms with E-state index in [1.807, 2.05) is 18.2 Å². The Labute approximate surface area is 122 Å². The quantitative estimate of drug-likeness (QED) is 0.605. The fourth-order valence-electron chi connectivity index (χ4n) is 1.93. The van der Waals surface area contributed by atoms with Gasteiger partial charge in [-0.1, -0.05) is 5.16 Å². The number of hydrogen-bond acceptors (Lipinski definition) is 8. The van der Waals surface area contributed by atoms with Crippen LogP contribution >= 0.6 is 11.3 Å². The van der Waals surface area contributed by atoms with Gasteiger partial charge in [-0.25, -0.2) is 4.98 Å². The van der Waals surface area contributed by atoms with E-state index in [1.165, 1.54) is 11.3 Å². The van der Waals surface area contributed by atoms with Crippen LogP contribution in [0.5, 0.6) is 0 Å². The average molecular weight is 296 g/mol. The summed E-state index contributed by atoms with van der Waals surface area (Å²) in [5, 5.41) is 6.21. The molecule has 0 aliphatic carbocycles. The molecule has 1 aromatic carbocycles. The zero-order valence-electron chi connectivity index (χ0n) is 10.6. The summed E-state index contributed by atoms with van der Waals surface area (Å²) >= 11 is 1.33. The number of nitrogen functional groups attached to an aromatic ring is 1. The minimum absolute atomic E-state index is 0.345. The highest BCUT2D eigenvalue weighted by Gasteiger charge is 2.13. The maximum atomic E-state index is 5.60. The molecule has 2 N–H and O–H groups in total. The second-order valence-corrected chi connectivity index (χ2v) is 5.14. The van der Waals surface area contributed by atoms with E-state index in [4.69, 9.17) is 10.3 Å². The zero-order valence-corrected chi connectivity index (χ0v) is 11.4. The van der Waals surface area contributed by atoms with Crippen LogP contribution in [0, 0.1) is 0 Å². The molecule has 0 unspecified atom stereocenters. The van der Waals surface area contributed by atoms with Crippen molar-refractivity contribution in [1.29, 1.82) is 0 Å². The van der Waals surface area contributed by atoms with E-state index in [2.05, 4.69) is 25.1 Å². The number of benzene rings is 1. The van der Waals surface area contributed by atoms with E-state index in [0.717, 1.165) is 16.6 Å². The van der Waals surface area contributed by atoms with Crippen LogP contribution in [0.2, 0.25) is 0 Å². The Bertz CT molecular complexity index is 931. The first-order valence-corrected chi connectivity index (χ1v) is 6.94. The molecule has 0 atom stereocenters. The van der Waals surface area contributed by atoms with Crippen LogP contribution < -0.4 is 5.73 Å². The number of nitrogens with zero attached hydrogens (tertiary/aromatic N) is 5. The lowest BCUT2D eigenvalue weighted by Gasteiger charge is -1.97. The molecule has 0 radical (unpaired) electrons. The van der Waals surface area contributed by atoms with Crippen molar-refractivity contribution in [1.82, 2.24) is 25.1 Å². The molecule has 3 heterocycles. The number of aromatic nitrogens is 5. The van der Waals surface area contributed by atoms with Crippen molar-refractivity contribution in [3.05, 3.63) is 36.0 Å². The summed E-state index contributed by atoms with van der Waals surface area (Å²) in [5.41, 5.74) is 8.58. The van der Waals surface area contributed by atoms with Gasteiger partial charge in [0.1, 0.15) is 5.69 Å². The van der Waals surface area contributed by atoms with Gasteiger partial charge in [-0.3, -0.25) is 9.97 Å². The number of fused-ring (bicyclic) bond motifs is 1. The summed E-state index contributed by atoms with van der Waals surface area (Å²) in [6.45, 7) is 0. The van der Waals surface area contributed by atoms with Crippen molar-refractivity contribution in [3.8, 4) is 23.0 Å². The van der Waals surface area contributed by atoms with E-state index in [9.17, 15) is 0 Å². The first-order valence-electron chi connectivity index (χ1n) is 6.06. The van der Waals surface area contributed by atoms with Crippen LogP contribution in [0.25, 0.3) is 34.0 Å². The Morgan fingerprint density at radius 2 is 1.90 bits per heavy atom. The monoisotopic (exact) mass is 296 g/mol. The fraction of sp³-hybridized carbons (Fsp3) is 0. The Balaban J connectivity index is 1.77. The second-order valence-electron chi connectivity index (χ2n) is 4.25. The largest absolute Gasteiger partial charge is 0.375 e. The van der Waals surface area contributed by atoms with E-state index in [0.29, 0.717) is 22.5 Å². The van der Waals surface area contributed by atoms with Crippen LogP contribution in [0.4, 0.5) is 5.13 Å². The molecule has 0 saturated heterocycles. The van der Waals surface area contributed by atoms with Crippen LogP contribution in [-0.2, 0) is 0 Å². The average Bonchev–Trinajstić information content (AvgIpc) is 3.15. The molecule has 0 aliphatic rings. The standard InChI is InChI=1S/C13H8N6OS/c14-13-17-10(6-21-13)12-18-11(19-20-12)7-1-2-8-9(5-7)16-4-3-15-8/h1-6H,(H2,14,17). The van der Waals surface area contributed by atoms with Crippen molar-refractivity contribution >= 4 is 27.5 Å². The molecule has 3 aromatic heterocycles.